The van der Waals surface area contributed by atoms with Crippen LogP contribution in [0.15, 0.2) is 12.1 Å². The second-order valence-electron chi connectivity index (χ2n) is 4.47. The molecule has 0 aliphatic carbocycles. The molecule has 1 aliphatic rings. The smallest absolute Gasteiger partial charge is 0.124 e. The fraction of sp³-hybridized carbons (Fsp3) is 0.538. The molecule has 2 heteroatoms. The zero-order valence-electron chi connectivity index (χ0n) is 9.89. The summed E-state index contributed by atoms with van der Waals surface area (Å²) in [6.45, 7) is 6.59. The minimum absolute atomic E-state index is 0.349. The van der Waals surface area contributed by atoms with E-state index in [1.807, 2.05) is 0 Å². The monoisotopic (exact) mass is 222 g/mol. The van der Waals surface area contributed by atoms with Gasteiger partial charge in [0.15, 0.2) is 0 Å². The third kappa shape index (κ3) is 1.76. The first kappa shape index (κ1) is 10.9. The van der Waals surface area contributed by atoms with Gasteiger partial charge in [0.25, 0.3) is 0 Å². The number of ether oxygens (including phenoxy) is 1. The van der Waals surface area contributed by atoms with Crippen LogP contribution < -0.4 is 4.74 Å². The Morgan fingerprint density at radius 1 is 1.27 bits per heavy atom. The van der Waals surface area contributed by atoms with E-state index >= 15 is 0 Å². The van der Waals surface area contributed by atoms with Crippen LogP contribution in [0.25, 0.3) is 0 Å². The lowest BCUT2D eigenvalue weighted by atomic mass is 9.93. The molecule has 1 saturated heterocycles. The number of hydrogen-bond acceptors (Lipinski definition) is 2. The molecule has 15 heavy (non-hydrogen) atoms. The predicted octanol–water partition coefficient (Wildman–Crippen LogP) is 3.66. The van der Waals surface area contributed by atoms with Crippen molar-refractivity contribution in [2.45, 2.75) is 31.9 Å². The molecular formula is C13H18OS. The summed E-state index contributed by atoms with van der Waals surface area (Å²) in [6, 6.07) is 4.55. The summed E-state index contributed by atoms with van der Waals surface area (Å²) in [6.07, 6.45) is 1.29. The van der Waals surface area contributed by atoms with Gasteiger partial charge in [-0.05, 0) is 49.6 Å². The fourth-order valence-electron chi connectivity index (χ4n) is 2.21. The topological polar surface area (TPSA) is 9.23 Å². The minimum atomic E-state index is 0.349. The van der Waals surface area contributed by atoms with Crippen molar-refractivity contribution in [3.8, 4) is 5.75 Å². The average molecular weight is 222 g/mol. The van der Waals surface area contributed by atoms with Crippen LogP contribution in [0.4, 0.5) is 0 Å². The van der Waals surface area contributed by atoms with Gasteiger partial charge in [0.05, 0.1) is 7.11 Å². The van der Waals surface area contributed by atoms with Crippen LogP contribution in [0, 0.1) is 13.8 Å². The lowest BCUT2D eigenvalue weighted by molar-refractivity contribution is 0.408. The van der Waals surface area contributed by atoms with Crippen molar-refractivity contribution in [1.29, 1.82) is 0 Å². The van der Waals surface area contributed by atoms with E-state index < -0.39 is 0 Å². The molecule has 0 N–H and O–H groups in total. The van der Waals surface area contributed by atoms with Crippen LogP contribution in [0.3, 0.4) is 0 Å². The van der Waals surface area contributed by atoms with Crippen LogP contribution in [-0.2, 0) is 4.75 Å². The number of hydrogen-bond donors (Lipinski definition) is 0. The van der Waals surface area contributed by atoms with E-state index in [-0.39, 0.29) is 0 Å². The number of methoxy groups -OCH3 is 1. The number of thioether (sulfide) groups is 1. The molecule has 0 saturated carbocycles. The molecule has 1 fully saturated rings. The van der Waals surface area contributed by atoms with Gasteiger partial charge in [-0.1, -0.05) is 12.1 Å². The third-order valence-corrected chi connectivity index (χ3v) is 4.76. The Balaban J connectivity index is 2.43. The highest BCUT2D eigenvalue weighted by atomic mass is 32.2. The van der Waals surface area contributed by atoms with Crippen LogP contribution in [0.5, 0.6) is 5.75 Å². The molecule has 1 atom stereocenters. The minimum Gasteiger partial charge on any atom is -0.496 e. The lowest BCUT2D eigenvalue weighted by Crippen LogP contribution is -2.28. The van der Waals surface area contributed by atoms with Crippen molar-refractivity contribution < 1.29 is 4.74 Å². The molecule has 1 heterocycles. The second-order valence-corrected chi connectivity index (χ2v) is 6.07. The Morgan fingerprint density at radius 3 is 2.13 bits per heavy atom. The normalized spacial score (nSPS) is 24.8. The van der Waals surface area contributed by atoms with E-state index in [0.717, 1.165) is 5.75 Å². The maximum atomic E-state index is 5.39. The molecule has 82 valence electrons. The SMILES string of the molecule is COc1c(C)cc(C2(C)CCS2)cc1C. The molecule has 0 aromatic heterocycles. The summed E-state index contributed by atoms with van der Waals surface area (Å²) >= 11 is 2.05. The molecule has 1 aliphatic heterocycles. The van der Waals surface area contributed by atoms with E-state index in [4.69, 9.17) is 4.74 Å². The Bertz CT molecular complexity index is 357. The maximum Gasteiger partial charge on any atom is 0.124 e. The Kier molecular flexibility index (Phi) is 2.72. The zero-order valence-corrected chi connectivity index (χ0v) is 10.7. The molecule has 1 nitrogen and oxygen atoms in total. The van der Waals surface area contributed by atoms with Gasteiger partial charge in [-0.25, -0.2) is 0 Å². The molecule has 0 radical (unpaired) electrons. The molecule has 1 aromatic rings. The Hall–Kier alpha value is -0.630. The van der Waals surface area contributed by atoms with Crippen LogP contribution in [0.2, 0.25) is 0 Å². The van der Waals surface area contributed by atoms with Crippen molar-refractivity contribution in [2.75, 3.05) is 12.9 Å². The van der Waals surface area contributed by atoms with Crippen molar-refractivity contribution in [2.24, 2.45) is 0 Å². The zero-order chi connectivity index (χ0) is 11.1. The first-order valence-electron chi connectivity index (χ1n) is 5.36. The van der Waals surface area contributed by atoms with E-state index in [2.05, 4.69) is 44.7 Å². The third-order valence-electron chi connectivity index (χ3n) is 3.27. The highest BCUT2D eigenvalue weighted by Gasteiger charge is 2.35. The summed E-state index contributed by atoms with van der Waals surface area (Å²) in [5.74, 6) is 2.33. The van der Waals surface area contributed by atoms with E-state index in [0.29, 0.717) is 4.75 Å². The fourth-order valence-corrected chi connectivity index (χ4v) is 3.31. The first-order chi connectivity index (χ1) is 7.07. The summed E-state index contributed by atoms with van der Waals surface area (Å²) in [7, 11) is 1.74. The number of rotatable bonds is 2. The van der Waals surface area contributed by atoms with Crippen molar-refractivity contribution in [3.05, 3.63) is 28.8 Å². The van der Waals surface area contributed by atoms with Crippen LogP contribution in [0.1, 0.15) is 30.0 Å². The quantitative estimate of drug-likeness (QED) is 0.755. The van der Waals surface area contributed by atoms with Gasteiger partial charge in [0.2, 0.25) is 0 Å². The van der Waals surface area contributed by atoms with E-state index in [1.165, 1.54) is 28.9 Å². The summed E-state index contributed by atoms with van der Waals surface area (Å²) in [4.78, 5) is 0. The van der Waals surface area contributed by atoms with E-state index in [9.17, 15) is 0 Å². The second kappa shape index (κ2) is 3.75. The summed E-state index contributed by atoms with van der Waals surface area (Å²) in [5, 5.41) is 0. The van der Waals surface area contributed by atoms with Gasteiger partial charge < -0.3 is 4.74 Å². The number of benzene rings is 1. The van der Waals surface area contributed by atoms with Gasteiger partial charge in [-0.3, -0.25) is 0 Å². The van der Waals surface area contributed by atoms with Gasteiger partial charge in [-0.2, -0.15) is 11.8 Å². The summed E-state index contributed by atoms with van der Waals surface area (Å²) < 4.78 is 5.74. The van der Waals surface area contributed by atoms with Crippen molar-refractivity contribution in [1.82, 2.24) is 0 Å². The maximum absolute atomic E-state index is 5.39. The highest BCUT2D eigenvalue weighted by Crippen LogP contribution is 2.49. The molecular weight excluding hydrogens is 204 g/mol. The molecule has 0 bridgehead atoms. The number of aryl methyl sites for hydroxylation is 2. The van der Waals surface area contributed by atoms with Crippen LogP contribution >= 0.6 is 11.8 Å². The standard InChI is InChI=1S/C13H18OS/c1-9-7-11(13(3)5-6-15-13)8-10(2)12(9)14-4/h7-8H,5-6H2,1-4H3. The molecule has 1 unspecified atom stereocenters. The Labute approximate surface area is 96.2 Å². The van der Waals surface area contributed by atoms with Crippen molar-refractivity contribution >= 4 is 11.8 Å². The first-order valence-corrected chi connectivity index (χ1v) is 6.35. The molecule has 0 spiro atoms. The van der Waals surface area contributed by atoms with E-state index in [1.54, 1.807) is 7.11 Å². The Morgan fingerprint density at radius 2 is 1.80 bits per heavy atom. The summed E-state index contributed by atoms with van der Waals surface area (Å²) in [5.41, 5.74) is 3.96. The predicted molar refractivity (Wildman–Crippen MR) is 66.9 cm³/mol. The van der Waals surface area contributed by atoms with Gasteiger partial charge in [0.1, 0.15) is 5.75 Å². The van der Waals surface area contributed by atoms with Crippen LogP contribution in [-0.4, -0.2) is 12.9 Å². The molecule has 2 rings (SSSR count). The average Bonchev–Trinajstić information content (AvgIpc) is 2.13. The molecule has 0 amide bonds. The van der Waals surface area contributed by atoms with Gasteiger partial charge >= 0.3 is 0 Å². The largest absolute Gasteiger partial charge is 0.496 e. The van der Waals surface area contributed by atoms with Crippen molar-refractivity contribution in [3.63, 3.8) is 0 Å². The highest BCUT2D eigenvalue weighted by molar-refractivity contribution is 8.01. The lowest BCUT2D eigenvalue weighted by Gasteiger charge is -2.38. The molecule has 1 aromatic carbocycles. The van der Waals surface area contributed by atoms with Gasteiger partial charge in [-0.15, -0.1) is 0 Å². The van der Waals surface area contributed by atoms with Gasteiger partial charge in [0, 0.05) is 4.75 Å².